The highest BCUT2D eigenvalue weighted by molar-refractivity contribution is 7.14. The van der Waals surface area contributed by atoms with E-state index < -0.39 is 5.41 Å². The van der Waals surface area contributed by atoms with Gasteiger partial charge in [-0.05, 0) is 29.1 Å². The van der Waals surface area contributed by atoms with E-state index in [0.717, 1.165) is 39.0 Å². The summed E-state index contributed by atoms with van der Waals surface area (Å²) >= 11 is 1.70. The maximum atomic E-state index is 13.3. The Balaban J connectivity index is 1.86. The van der Waals surface area contributed by atoms with Crippen LogP contribution < -0.4 is 5.32 Å². The van der Waals surface area contributed by atoms with Crippen LogP contribution in [0.25, 0.3) is 21.5 Å². The van der Waals surface area contributed by atoms with Crippen molar-refractivity contribution in [1.29, 1.82) is 0 Å². The monoisotopic (exact) mass is 328 g/mol. The SMILES string of the molecule is O=C1Nc2ccccc2C12c1ccsc1-c1[nH]c3ccccc3c12. The van der Waals surface area contributed by atoms with Crippen molar-refractivity contribution in [3.63, 3.8) is 0 Å². The number of thiophene rings is 1. The van der Waals surface area contributed by atoms with E-state index in [4.69, 9.17) is 0 Å². The molecule has 114 valence electrons. The van der Waals surface area contributed by atoms with E-state index >= 15 is 0 Å². The van der Waals surface area contributed by atoms with Gasteiger partial charge in [-0.15, -0.1) is 11.3 Å². The quantitative estimate of drug-likeness (QED) is 0.490. The highest BCUT2D eigenvalue weighted by Gasteiger charge is 2.57. The molecule has 0 saturated carbocycles. The van der Waals surface area contributed by atoms with Gasteiger partial charge in [0, 0.05) is 27.7 Å². The molecular formula is C20H12N2OS. The van der Waals surface area contributed by atoms with E-state index in [0.29, 0.717) is 0 Å². The van der Waals surface area contributed by atoms with Crippen molar-refractivity contribution in [3.8, 4) is 10.6 Å². The number of H-pyrrole nitrogens is 1. The Morgan fingerprint density at radius 3 is 2.71 bits per heavy atom. The molecule has 4 aromatic rings. The molecule has 1 aliphatic carbocycles. The molecule has 1 unspecified atom stereocenters. The molecule has 1 amide bonds. The smallest absolute Gasteiger partial charge is 0.244 e. The van der Waals surface area contributed by atoms with E-state index in [1.54, 1.807) is 11.3 Å². The fraction of sp³-hybridized carbons (Fsp3) is 0.0500. The van der Waals surface area contributed by atoms with Crippen LogP contribution in [0.5, 0.6) is 0 Å². The first-order valence-corrected chi connectivity index (χ1v) is 8.80. The number of carbonyl (C=O) groups is 1. The van der Waals surface area contributed by atoms with Gasteiger partial charge in [0.1, 0.15) is 5.41 Å². The van der Waals surface area contributed by atoms with Crippen LogP contribution in [-0.2, 0) is 10.2 Å². The fourth-order valence-electron chi connectivity index (χ4n) is 4.41. The van der Waals surface area contributed by atoms with E-state index in [1.807, 2.05) is 30.3 Å². The van der Waals surface area contributed by atoms with Crippen molar-refractivity contribution >= 4 is 33.8 Å². The van der Waals surface area contributed by atoms with Crippen molar-refractivity contribution in [1.82, 2.24) is 4.98 Å². The van der Waals surface area contributed by atoms with Gasteiger partial charge in [-0.25, -0.2) is 0 Å². The van der Waals surface area contributed by atoms with Gasteiger partial charge >= 0.3 is 0 Å². The Kier molecular flexibility index (Phi) is 2.08. The highest BCUT2D eigenvalue weighted by Crippen LogP contribution is 2.60. The van der Waals surface area contributed by atoms with Crippen LogP contribution >= 0.6 is 11.3 Å². The van der Waals surface area contributed by atoms with Gasteiger partial charge in [0.25, 0.3) is 0 Å². The highest BCUT2D eigenvalue weighted by atomic mass is 32.1. The number of hydrogen-bond donors (Lipinski definition) is 2. The minimum atomic E-state index is -0.735. The minimum absolute atomic E-state index is 0.0480. The fourth-order valence-corrected chi connectivity index (χ4v) is 5.37. The van der Waals surface area contributed by atoms with Crippen LogP contribution in [0.3, 0.4) is 0 Å². The molecule has 1 spiro atoms. The zero-order chi connectivity index (χ0) is 15.9. The lowest BCUT2D eigenvalue weighted by molar-refractivity contribution is -0.118. The van der Waals surface area contributed by atoms with Gasteiger partial charge in [-0.2, -0.15) is 0 Å². The van der Waals surface area contributed by atoms with Gasteiger partial charge in [0.2, 0.25) is 5.91 Å². The summed E-state index contributed by atoms with van der Waals surface area (Å²) in [5.41, 5.74) is 5.60. The maximum Gasteiger partial charge on any atom is 0.244 e. The van der Waals surface area contributed by atoms with Gasteiger partial charge < -0.3 is 10.3 Å². The lowest BCUT2D eigenvalue weighted by Crippen LogP contribution is -2.34. The lowest BCUT2D eigenvalue weighted by Gasteiger charge is -2.24. The predicted octanol–water partition coefficient (Wildman–Crippen LogP) is 4.50. The summed E-state index contributed by atoms with van der Waals surface area (Å²) in [6, 6.07) is 18.4. The molecule has 1 atom stereocenters. The summed E-state index contributed by atoms with van der Waals surface area (Å²) in [7, 11) is 0. The summed E-state index contributed by atoms with van der Waals surface area (Å²) in [4.78, 5) is 18.0. The maximum absolute atomic E-state index is 13.3. The van der Waals surface area contributed by atoms with Crippen molar-refractivity contribution in [2.45, 2.75) is 5.41 Å². The largest absolute Gasteiger partial charge is 0.354 e. The summed E-state index contributed by atoms with van der Waals surface area (Å²) < 4.78 is 0. The Morgan fingerprint density at radius 1 is 0.917 bits per heavy atom. The van der Waals surface area contributed by atoms with Crippen LogP contribution in [0.2, 0.25) is 0 Å². The van der Waals surface area contributed by atoms with Crippen LogP contribution in [0, 0.1) is 0 Å². The van der Waals surface area contributed by atoms with Crippen LogP contribution in [0.4, 0.5) is 5.69 Å². The zero-order valence-electron chi connectivity index (χ0n) is 12.6. The third-order valence-corrected chi connectivity index (χ3v) is 6.23. The van der Waals surface area contributed by atoms with Gasteiger partial charge in [-0.1, -0.05) is 36.4 Å². The first-order valence-electron chi connectivity index (χ1n) is 7.92. The summed E-state index contributed by atoms with van der Waals surface area (Å²) in [5, 5.41) is 6.31. The number of aromatic nitrogens is 1. The molecular weight excluding hydrogens is 316 g/mol. The van der Waals surface area contributed by atoms with Crippen molar-refractivity contribution in [3.05, 3.63) is 76.7 Å². The topological polar surface area (TPSA) is 44.9 Å². The first kappa shape index (κ1) is 12.6. The molecule has 2 aromatic carbocycles. The molecule has 0 fully saturated rings. The van der Waals surface area contributed by atoms with Crippen molar-refractivity contribution in [2.24, 2.45) is 0 Å². The molecule has 1 aliphatic heterocycles. The van der Waals surface area contributed by atoms with Crippen LogP contribution in [0.1, 0.15) is 16.7 Å². The van der Waals surface area contributed by atoms with Gasteiger partial charge in [0.05, 0.1) is 10.6 Å². The number of nitrogens with one attached hydrogen (secondary N) is 2. The van der Waals surface area contributed by atoms with E-state index in [2.05, 4.69) is 39.9 Å². The minimum Gasteiger partial charge on any atom is -0.354 e. The first-order chi connectivity index (χ1) is 11.8. The molecule has 4 heteroatoms. The summed E-state index contributed by atoms with van der Waals surface area (Å²) in [6.45, 7) is 0. The third-order valence-electron chi connectivity index (χ3n) is 5.30. The molecule has 2 aromatic heterocycles. The molecule has 0 radical (unpaired) electrons. The normalized spacial score (nSPS) is 20.2. The van der Waals surface area contributed by atoms with E-state index in [9.17, 15) is 4.79 Å². The van der Waals surface area contributed by atoms with E-state index in [1.165, 1.54) is 4.88 Å². The Labute approximate surface area is 142 Å². The Hall–Kier alpha value is -2.85. The number of amides is 1. The average Bonchev–Trinajstić information content (AvgIpc) is 3.31. The van der Waals surface area contributed by atoms with Crippen molar-refractivity contribution < 1.29 is 4.79 Å². The Morgan fingerprint density at radius 2 is 1.75 bits per heavy atom. The number of aromatic amines is 1. The Bertz CT molecular complexity index is 1170. The standard InChI is InChI=1S/C20H12N2OS/c23-19-20(12-6-2-4-8-15(12)22-19)13-9-10-24-18(13)17-16(20)11-5-1-3-7-14(11)21-17/h1-10,21H,(H,22,23). The van der Waals surface area contributed by atoms with Gasteiger partial charge in [-0.3, -0.25) is 4.79 Å². The molecule has 2 N–H and O–H groups in total. The number of para-hydroxylation sites is 2. The lowest BCUT2D eigenvalue weighted by atomic mass is 9.73. The van der Waals surface area contributed by atoms with Crippen LogP contribution in [0.15, 0.2) is 60.0 Å². The molecule has 3 nitrogen and oxygen atoms in total. The average molecular weight is 328 g/mol. The second-order valence-electron chi connectivity index (χ2n) is 6.33. The summed E-state index contributed by atoms with van der Waals surface area (Å²) in [5.74, 6) is 0.0480. The number of rotatable bonds is 0. The number of benzene rings is 2. The molecule has 0 saturated heterocycles. The second-order valence-corrected chi connectivity index (χ2v) is 7.25. The third kappa shape index (κ3) is 1.18. The van der Waals surface area contributed by atoms with E-state index in [-0.39, 0.29) is 5.91 Å². The van der Waals surface area contributed by atoms with Gasteiger partial charge in [0.15, 0.2) is 0 Å². The summed E-state index contributed by atoms with van der Waals surface area (Å²) in [6.07, 6.45) is 0. The molecule has 0 bridgehead atoms. The molecule has 24 heavy (non-hydrogen) atoms. The number of fused-ring (bicyclic) bond motifs is 9. The second kappa shape index (κ2) is 3.97. The van der Waals surface area contributed by atoms with Crippen molar-refractivity contribution in [2.75, 3.05) is 5.32 Å². The van der Waals surface area contributed by atoms with Crippen LogP contribution in [-0.4, -0.2) is 10.9 Å². The molecule has 3 heterocycles. The molecule has 6 rings (SSSR count). The molecule has 2 aliphatic rings. The number of carbonyl (C=O) groups excluding carboxylic acids is 1. The number of anilines is 1. The zero-order valence-corrected chi connectivity index (χ0v) is 13.4. The number of hydrogen-bond acceptors (Lipinski definition) is 2. The predicted molar refractivity (Wildman–Crippen MR) is 96.6 cm³/mol.